The van der Waals surface area contributed by atoms with Crippen LogP contribution < -0.4 is 10.6 Å². The van der Waals surface area contributed by atoms with Crippen molar-refractivity contribution in [1.29, 1.82) is 0 Å². The average molecular weight is 327 g/mol. The van der Waals surface area contributed by atoms with E-state index in [1.807, 2.05) is 0 Å². The van der Waals surface area contributed by atoms with Gasteiger partial charge in [-0.1, -0.05) is 49.7 Å². The predicted octanol–water partition coefficient (Wildman–Crippen LogP) is 4.56. The average Bonchev–Trinajstić information content (AvgIpc) is 2.38. The highest BCUT2D eigenvalue weighted by Gasteiger charge is 2.17. The van der Waals surface area contributed by atoms with E-state index >= 15 is 0 Å². The molecule has 0 aliphatic carbocycles. The summed E-state index contributed by atoms with van der Waals surface area (Å²) >= 11 is 3.63. The Hall–Kier alpha value is -0.540. The van der Waals surface area contributed by atoms with Crippen LogP contribution >= 0.6 is 15.9 Å². The standard InChI is InChI=1S/C16H27BrN2/c1-5-14(6-2)19(11-12(3)4)15-8-7-13(10-18)16(17)9-15/h7-9,12,14H,5-6,10-11,18H2,1-4H3. The van der Waals surface area contributed by atoms with Crippen molar-refractivity contribution in [3.05, 3.63) is 28.2 Å². The maximum atomic E-state index is 5.73. The maximum absolute atomic E-state index is 5.73. The van der Waals surface area contributed by atoms with Crippen LogP contribution in [0, 0.1) is 5.92 Å². The fourth-order valence-electron chi connectivity index (χ4n) is 2.47. The van der Waals surface area contributed by atoms with E-state index < -0.39 is 0 Å². The fourth-order valence-corrected chi connectivity index (χ4v) is 3.00. The topological polar surface area (TPSA) is 29.3 Å². The molecule has 0 aromatic heterocycles. The third-order valence-electron chi connectivity index (χ3n) is 3.53. The monoisotopic (exact) mass is 326 g/mol. The van der Waals surface area contributed by atoms with Crippen molar-refractivity contribution in [2.75, 3.05) is 11.4 Å². The van der Waals surface area contributed by atoms with E-state index in [0.717, 1.165) is 16.6 Å². The summed E-state index contributed by atoms with van der Waals surface area (Å²) in [6, 6.07) is 7.16. The first-order valence-corrected chi connectivity index (χ1v) is 8.07. The van der Waals surface area contributed by atoms with Crippen molar-refractivity contribution in [3.63, 3.8) is 0 Å². The van der Waals surface area contributed by atoms with Crippen LogP contribution in [0.25, 0.3) is 0 Å². The van der Waals surface area contributed by atoms with Crippen molar-refractivity contribution in [1.82, 2.24) is 0 Å². The number of anilines is 1. The van der Waals surface area contributed by atoms with Crippen LogP contribution in [0.15, 0.2) is 22.7 Å². The number of hydrogen-bond donors (Lipinski definition) is 1. The second-order valence-electron chi connectivity index (χ2n) is 5.50. The SMILES string of the molecule is CCC(CC)N(CC(C)C)c1ccc(CN)c(Br)c1. The molecule has 0 aliphatic heterocycles. The van der Waals surface area contributed by atoms with Crippen molar-refractivity contribution in [3.8, 4) is 0 Å². The van der Waals surface area contributed by atoms with Gasteiger partial charge in [0.1, 0.15) is 0 Å². The fraction of sp³-hybridized carbons (Fsp3) is 0.625. The van der Waals surface area contributed by atoms with Gasteiger partial charge < -0.3 is 10.6 Å². The molecule has 0 fully saturated rings. The summed E-state index contributed by atoms with van der Waals surface area (Å²) in [4.78, 5) is 2.54. The summed E-state index contributed by atoms with van der Waals surface area (Å²) in [6.07, 6.45) is 2.36. The van der Waals surface area contributed by atoms with Gasteiger partial charge in [0, 0.05) is 29.3 Å². The molecule has 0 unspecified atom stereocenters. The highest BCUT2D eigenvalue weighted by atomic mass is 79.9. The van der Waals surface area contributed by atoms with Crippen LogP contribution in [0.2, 0.25) is 0 Å². The minimum atomic E-state index is 0.579. The lowest BCUT2D eigenvalue weighted by Gasteiger charge is -2.34. The van der Waals surface area contributed by atoms with E-state index in [-0.39, 0.29) is 0 Å². The van der Waals surface area contributed by atoms with Gasteiger partial charge in [0.05, 0.1) is 0 Å². The van der Waals surface area contributed by atoms with Gasteiger partial charge in [-0.05, 0) is 36.5 Å². The molecule has 0 saturated carbocycles. The van der Waals surface area contributed by atoms with Crippen molar-refractivity contribution in [2.45, 2.75) is 53.1 Å². The normalized spacial score (nSPS) is 11.4. The summed E-state index contributed by atoms with van der Waals surface area (Å²) in [5.41, 5.74) is 8.19. The first-order valence-electron chi connectivity index (χ1n) is 7.28. The highest BCUT2D eigenvalue weighted by Crippen LogP contribution is 2.27. The summed E-state index contributed by atoms with van der Waals surface area (Å²) in [7, 11) is 0. The van der Waals surface area contributed by atoms with Gasteiger partial charge in [-0.15, -0.1) is 0 Å². The largest absolute Gasteiger partial charge is 0.368 e. The Morgan fingerprint density at radius 3 is 2.26 bits per heavy atom. The Kier molecular flexibility index (Phi) is 6.87. The molecule has 0 saturated heterocycles. The van der Waals surface area contributed by atoms with Gasteiger partial charge >= 0.3 is 0 Å². The molecule has 0 radical (unpaired) electrons. The van der Waals surface area contributed by atoms with Crippen molar-refractivity contribution < 1.29 is 0 Å². The predicted molar refractivity (Wildman–Crippen MR) is 88.6 cm³/mol. The van der Waals surface area contributed by atoms with E-state index in [4.69, 9.17) is 5.73 Å². The molecule has 0 heterocycles. The van der Waals surface area contributed by atoms with Crippen LogP contribution in [-0.2, 0) is 6.54 Å². The second-order valence-corrected chi connectivity index (χ2v) is 6.35. The molecular weight excluding hydrogens is 300 g/mol. The Balaban J connectivity index is 3.05. The zero-order valence-corrected chi connectivity index (χ0v) is 14.2. The van der Waals surface area contributed by atoms with Crippen LogP contribution in [0.5, 0.6) is 0 Å². The zero-order chi connectivity index (χ0) is 14.4. The van der Waals surface area contributed by atoms with Gasteiger partial charge in [-0.2, -0.15) is 0 Å². The lowest BCUT2D eigenvalue weighted by molar-refractivity contribution is 0.507. The molecule has 3 heteroatoms. The third kappa shape index (κ3) is 4.50. The lowest BCUT2D eigenvalue weighted by atomic mass is 10.1. The minimum absolute atomic E-state index is 0.579. The molecule has 2 N–H and O–H groups in total. The molecule has 0 aliphatic rings. The number of benzene rings is 1. The van der Waals surface area contributed by atoms with E-state index in [9.17, 15) is 0 Å². The summed E-state index contributed by atoms with van der Waals surface area (Å²) in [6.45, 7) is 10.8. The Labute approximate surface area is 126 Å². The summed E-state index contributed by atoms with van der Waals surface area (Å²) in [5.74, 6) is 0.661. The Morgan fingerprint density at radius 2 is 1.84 bits per heavy atom. The number of halogens is 1. The maximum Gasteiger partial charge on any atom is 0.0380 e. The molecule has 1 aromatic carbocycles. The molecular formula is C16H27BrN2. The number of nitrogens with two attached hydrogens (primary N) is 1. The van der Waals surface area contributed by atoms with Crippen LogP contribution in [0.1, 0.15) is 46.1 Å². The van der Waals surface area contributed by atoms with Crippen molar-refractivity contribution in [2.24, 2.45) is 11.7 Å². The quantitative estimate of drug-likeness (QED) is 0.795. The zero-order valence-electron chi connectivity index (χ0n) is 12.6. The first kappa shape index (κ1) is 16.5. The minimum Gasteiger partial charge on any atom is -0.368 e. The molecule has 1 rings (SSSR count). The number of nitrogens with zero attached hydrogens (tertiary/aromatic N) is 1. The van der Waals surface area contributed by atoms with Crippen LogP contribution in [0.4, 0.5) is 5.69 Å². The molecule has 2 nitrogen and oxygen atoms in total. The van der Waals surface area contributed by atoms with Crippen molar-refractivity contribution >= 4 is 21.6 Å². The van der Waals surface area contributed by atoms with Crippen LogP contribution in [-0.4, -0.2) is 12.6 Å². The number of rotatable bonds is 7. The van der Waals surface area contributed by atoms with Gasteiger partial charge in [-0.3, -0.25) is 0 Å². The molecule has 19 heavy (non-hydrogen) atoms. The van der Waals surface area contributed by atoms with E-state index in [1.165, 1.54) is 18.5 Å². The Bertz CT molecular complexity index is 386. The van der Waals surface area contributed by atoms with E-state index in [2.05, 4.69) is 66.7 Å². The van der Waals surface area contributed by atoms with Crippen LogP contribution in [0.3, 0.4) is 0 Å². The second kappa shape index (κ2) is 7.91. The molecule has 0 amide bonds. The third-order valence-corrected chi connectivity index (χ3v) is 4.27. The van der Waals surface area contributed by atoms with Gasteiger partial charge in [0.25, 0.3) is 0 Å². The van der Waals surface area contributed by atoms with E-state index in [1.54, 1.807) is 0 Å². The summed E-state index contributed by atoms with van der Waals surface area (Å²) in [5, 5.41) is 0. The molecule has 1 aromatic rings. The smallest absolute Gasteiger partial charge is 0.0380 e. The molecule has 0 atom stereocenters. The van der Waals surface area contributed by atoms with E-state index in [0.29, 0.717) is 18.5 Å². The highest BCUT2D eigenvalue weighted by molar-refractivity contribution is 9.10. The lowest BCUT2D eigenvalue weighted by Crippen LogP contribution is -2.37. The number of hydrogen-bond acceptors (Lipinski definition) is 2. The van der Waals surface area contributed by atoms with Gasteiger partial charge in [0.2, 0.25) is 0 Å². The molecule has 0 bridgehead atoms. The van der Waals surface area contributed by atoms with Gasteiger partial charge in [0.15, 0.2) is 0 Å². The molecule has 0 spiro atoms. The molecule has 108 valence electrons. The van der Waals surface area contributed by atoms with Gasteiger partial charge in [-0.25, -0.2) is 0 Å². The summed E-state index contributed by atoms with van der Waals surface area (Å²) < 4.78 is 1.12. The first-order chi connectivity index (χ1) is 9.03. The Morgan fingerprint density at radius 1 is 1.21 bits per heavy atom.